The molecule has 0 bridgehead atoms. The van der Waals surface area contributed by atoms with Gasteiger partial charge in [0, 0.05) is 16.1 Å². The normalized spacial score (nSPS) is 19.9. The van der Waals surface area contributed by atoms with Crippen molar-refractivity contribution in [3.05, 3.63) is 46.5 Å². The summed E-state index contributed by atoms with van der Waals surface area (Å²) in [5.41, 5.74) is 3.01. The highest BCUT2D eigenvalue weighted by atomic mass is 79.9. The van der Waals surface area contributed by atoms with Gasteiger partial charge in [-0.1, -0.05) is 17.7 Å². The smallest absolute Gasteiger partial charge is 0.105 e. The van der Waals surface area contributed by atoms with Crippen LogP contribution in [0.25, 0.3) is 10.8 Å². The van der Waals surface area contributed by atoms with Crippen molar-refractivity contribution in [2.24, 2.45) is 0 Å². The molecule has 0 aliphatic carbocycles. The third kappa shape index (κ3) is 2.37. The first-order valence-electron chi connectivity index (χ1n) is 6.88. The predicted molar refractivity (Wildman–Crippen MR) is 77.2 cm³/mol. The van der Waals surface area contributed by atoms with Gasteiger partial charge in [-0.25, -0.2) is 0 Å². The summed E-state index contributed by atoms with van der Waals surface area (Å²) in [5, 5.41) is 3.39. The summed E-state index contributed by atoms with van der Waals surface area (Å²) < 4.78 is 6.70. The SMILES string of the molecule is Clc1ccc2cc3c(cc2c1)C[N+]1(CCOCC1)C3.[Br-]. The van der Waals surface area contributed by atoms with Crippen molar-refractivity contribution in [2.45, 2.75) is 13.1 Å². The molecular formula is C16H17BrClNO. The number of ether oxygens (including phenoxy) is 1. The summed E-state index contributed by atoms with van der Waals surface area (Å²) in [6.07, 6.45) is 0. The van der Waals surface area contributed by atoms with Crippen LogP contribution in [0.1, 0.15) is 11.1 Å². The minimum atomic E-state index is 0. The van der Waals surface area contributed by atoms with Crippen LogP contribution in [0, 0.1) is 0 Å². The van der Waals surface area contributed by atoms with E-state index >= 15 is 0 Å². The number of fused-ring (bicyclic) bond motifs is 2. The number of halogens is 2. The Morgan fingerprint density at radius 2 is 1.55 bits per heavy atom. The molecule has 1 fully saturated rings. The van der Waals surface area contributed by atoms with Crippen LogP contribution in [-0.4, -0.2) is 30.8 Å². The van der Waals surface area contributed by atoms with Crippen molar-refractivity contribution >= 4 is 22.4 Å². The van der Waals surface area contributed by atoms with Gasteiger partial charge in [-0.15, -0.1) is 0 Å². The van der Waals surface area contributed by atoms with Crippen molar-refractivity contribution in [1.82, 2.24) is 0 Å². The second kappa shape index (κ2) is 5.30. The Morgan fingerprint density at radius 1 is 0.900 bits per heavy atom. The Balaban J connectivity index is 0.00000121. The molecule has 2 aromatic rings. The van der Waals surface area contributed by atoms with E-state index in [4.69, 9.17) is 16.3 Å². The van der Waals surface area contributed by atoms with Crippen LogP contribution in [0.2, 0.25) is 5.02 Å². The van der Waals surface area contributed by atoms with Crippen LogP contribution in [0.4, 0.5) is 0 Å². The second-order valence-corrected chi connectivity index (χ2v) is 6.27. The topological polar surface area (TPSA) is 9.23 Å². The number of quaternary nitrogens is 1. The summed E-state index contributed by atoms with van der Waals surface area (Å²) in [5.74, 6) is 0. The Morgan fingerprint density at radius 3 is 2.25 bits per heavy atom. The summed E-state index contributed by atoms with van der Waals surface area (Å²) in [7, 11) is 0. The van der Waals surface area contributed by atoms with Crippen LogP contribution in [-0.2, 0) is 17.8 Å². The van der Waals surface area contributed by atoms with Gasteiger partial charge in [0.2, 0.25) is 0 Å². The van der Waals surface area contributed by atoms with Gasteiger partial charge in [0.15, 0.2) is 0 Å². The number of hydrogen-bond donors (Lipinski definition) is 0. The molecule has 0 radical (unpaired) electrons. The molecule has 0 unspecified atom stereocenters. The maximum atomic E-state index is 6.09. The molecule has 0 aromatic heterocycles. The number of benzene rings is 2. The highest BCUT2D eigenvalue weighted by Crippen LogP contribution is 2.34. The van der Waals surface area contributed by atoms with Crippen LogP contribution < -0.4 is 17.0 Å². The van der Waals surface area contributed by atoms with Gasteiger partial charge in [-0.3, -0.25) is 0 Å². The lowest BCUT2D eigenvalue weighted by Gasteiger charge is -2.37. The summed E-state index contributed by atoms with van der Waals surface area (Å²) in [4.78, 5) is 0. The van der Waals surface area contributed by atoms with Gasteiger partial charge in [0.05, 0.1) is 13.2 Å². The monoisotopic (exact) mass is 353 g/mol. The fourth-order valence-corrected chi connectivity index (χ4v) is 3.66. The Bertz CT molecular complexity index is 652. The third-order valence-corrected chi connectivity index (χ3v) is 4.79. The minimum Gasteiger partial charge on any atom is -1.00 e. The molecule has 106 valence electrons. The maximum absolute atomic E-state index is 6.09. The number of hydrogen-bond acceptors (Lipinski definition) is 1. The molecule has 0 N–H and O–H groups in total. The lowest BCUT2D eigenvalue weighted by Crippen LogP contribution is -3.00. The predicted octanol–water partition coefficient (Wildman–Crippen LogP) is 0.358. The van der Waals surface area contributed by atoms with Gasteiger partial charge >= 0.3 is 0 Å². The fourth-order valence-electron chi connectivity index (χ4n) is 3.48. The zero-order chi connectivity index (χ0) is 12.9. The number of rotatable bonds is 0. The van der Waals surface area contributed by atoms with E-state index in [0.717, 1.165) is 44.4 Å². The zero-order valence-electron chi connectivity index (χ0n) is 11.2. The van der Waals surface area contributed by atoms with E-state index in [1.807, 2.05) is 6.07 Å². The van der Waals surface area contributed by atoms with Crippen LogP contribution in [0.15, 0.2) is 30.3 Å². The molecule has 2 heterocycles. The lowest BCUT2D eigenvalue weighted by atomic mass is 10.0. The van der Waals surface area contributed by atoms with Gasteiger partial charge in [0.25, 0.3) is 0 Å². The Kier molecular flexibility index (Phi) is 3.80. The molecule has 2 aliphatic rings. The summed E-state index contributed by atoms with van der Waals surface area (Å²) >= 11 is 6.09. The average Bonchev–Trinajstić information content (AvgIpc) is 2.73. The quantitative estimate of drug-likeness (QED) is 0.621. The molecule has 4 heteroatoms. The average molecular weight is 355 g/mol. The number of morpholine rings is 1. The van der Waals surface area contributed by atoms with E-state index in [1.54, 1.807) is 0 Å². The molecule has 0 atom stereocenters. The maximum Gasteiger partial charge on any atom is 0.105 e. The molecule has 2 nitrogen and oxygen atoms in total. The zero-order valence-corrected chi connectivity index (χ0v) is 13.6. The van der Waals surface area contributed by atoms with Gasteiger partial charge in [-0.2, -0.15) is 0 Å². The van der Waals surface area contributed by atoms with Crippen molar-refractivity contribution < 1.29 is 26.2 Å². The van der Waals surface area contributed by atoms with Crippen molar-refractivity contribution in [3.63, 3.8) is 0 Å². The molecule has 1 saturated heterocycles. The molecule has 0 amide bonds. The van der Waals surface area contributed by atoms with Gasteiger partial charge in [0.1, 0.15) is 26.2 Å². The number of nitrogens with zero attached hydrogens (tertiary/aromatic N) is 1. The van der Waals surface area contributed by atoms with E-state index in [-0.39, 0.29) is 17.0 Å². The Labute approximate surface area is 134 Å². The molecule has 2 aliphatic heterocycles. The van der Waals surface area contributed by atoms with Crippen molar-refractivity contribution in [2.75, 3.05) is 26.3 Å². The lowest BCUT2D eigenvalue weighted by molar-refractivity contribution is -0.953. The van der Waals surface area contributed by atoms with Gasteiger partial charge in [-0.05, 0) is 35.0 Å². The van der Waals surface area contributed by atoms with E-state index in [9.17, 15) is 0 Å². The first-order valence-corrected chi connectivity index (χ1v) is 7.26. The van der Waals surface area contributed by atoms with Crippen molar-refractivity contribution in [1.29, 1.82) is 0 Å². The Hall–Kier alpha value is -0.610. The molecule has 4 rings (SSSR count). The molecule has 0 saturated carbocycles. The standard InChI is InChI=1S/C16H17ClNO.BrH/c17-16-2-1-12-7-14-10-18(3-5-19-6-4-18)11-15(14)8-13(12)9-16;/h1-2,7-9H,3-6,10-11H2;1H/q+1;/p-1. The first kappa shape index (κ1) is 14.3. The van der Waals surface area contributed by atoms with E-state index in [2.05, 4.69) is 24.3 Å². The molecular weight excluding hydrogens is 338 g/mol. The molecule has 1 spiro atoms. The minimum absolute atomic E-state index is 0. The highest BCUT2D eigenvalue weighted by molar-refractivity contribution is 6.31. The second-order valence-electron chi connectivity index (χ2n) is 5.83. The van der Waals surface area contributed by atoms with Crippen LogP contribution in [0.5, 0.6) is 0 Å². The van der Waals surface area contributed by atoms with Crippen molar-refractivity contribution in [3.8, 4) is 0 Å². The van der Waals surface area contributed by atoms with E-state index < -0.39 is 0 Å². The van der Waals surface area contributed by atoms with E-state index in [1.165, 1.54) is 26.4 Å². The summed E-state index contributed by atoms with van der Waals surface area (Å²) in [6.45, 7) is 6.41. The molecule has 2 aromatic carbocycles. The van der Waals surface area contributed by atoms with Gasteiger partial charge < -0.3 is 26.2 Å². The largest absolute Gasteiger partial charge is 1.00 e. The fraction of sp³-hybridized carbons (Fsp3) is 0.375. The van der Waals surface area contributed by atoms with Crippen LogP contribution in [0.3, 0.4) is 0 Å². The van der Waals surface area contributed by atoms with Crippen LogP contribution >= 0.6 is 11.6 Å². The van der Waals surface area contributed by atoms with E-state index in [0.29, 0.717) is 0 Å². The first-order chi connectivity index (χ1) is 9.24. The summed E-state index contributed by atoms with van der Waals surface area (Å²) in [6, 6.07) is 10.9. The molecule has 20 heavy (non-hydrogen) atoms. The highest BCUT2D eigenvalue weighted by Gasteiger charge is 2.37. The third-order valence-electron chi connectivity index (χ3n) is 4.55.